The Labute approximate surface area is 95.9 Å². The Morgan fingerprint density at radius 1 is 1.38 bits per heavy atom. The highest BCUT2D eigenvalue weighted by atomic mass is 35.5. The van der Waals surface area contributed by atoms with E-state index in [0.29, 0.717) is 10.7 Å². The van der Waals surface area contributed by atoms with Gasteiger partial charge in [0.25, 0.3) is 11.8 Å². The van der Waals surface area contributed by atoms with Crippen LogP contribution in [0.3, 0.4) is 0 Å². The van der Waals surface area contributed by atoms with E-state index >= 15 is 0 Å². The highest BCUT2D eigenvalue weighted by Crippen LogP contribution is 2.24. The molecule has 0 aliphatic heterocycles. The molecule has 1 aromatic heterocycles. The second-order valence-corrected chi connectivity index (χ2v) is 3.54. The minimum atomic E-state index is -0.475. The van der Waals surface area contributed by atoms with Crippen molar-refractivity contribution in [3.63, 3.8) is 0 Å². The molecule has 0 atom stereocenters. The molecule has 2 rings (SSSR count). The molecule has 0 saturated carbocycles. The number of benzene rings is 1. The smallest absolute Gasteiger partial charge is 0.335 e. The van der Waals surface area contributed by atoms with Crippen molar-refractivity contribution in [2.45, 2.75) is 0 Å². The number of aromatic amines is 1. The summed E-state index contributed by atoms with van der Waals surface area (Å²) in [6, 6.07) is 6.50. The van der Waals surface area contributed by atoms with Crippen molar-refractivity contribution in [2.24, 2.45) is 0 Å². The van der Waals surface area contributed by atoms with Crippen LogP contribution in [0.1, 0.15) is 0 Å². The molecule has 0 spiro atoms. The minimum absolute atomic E-state index is 0.0277. The van der Waals surface area contributed by atoms with Gasteiger partial charge >= 0.3 is 5.69 Å². The van der Waals surface area contributed by atoms with Crippen LogP contribution in [-0.2, 0) is 0 Å². The van der Waals surface area contributed by atoms with Gasteiger partial charge in [-0.15, -0.1) is 0 Å². The van der Waals surface area contributed by atoms with Crippen LogP contribution in [0.4, 0.5) is 0 Å². The van der Waals surface area contributed by atoms with Gasteiger partial charge in [-0.1, -0.05) is 11.6 Å². The third-order valence-electron chi connectivity index (χ3n) is 2.13. The number of imidazole rings is 1. The molecular weight excluding hydrogens is 232 g/mol. The summed E-state index contributed by atoms with van der Waals surface area (Å²) < 4.78 is 5.89. The van der Waals surface area contributed by atoms with Gasteiger partial charge in [0, 0.05) is 5.02 Å². The van der Waals surface area contributed by atoms with E-state index < -0.39 is 5.69 Å². The van der Waals surface area contributed by atoms with Gasteiger partial charge in [0.05, 0.1) is 12.8 Å². The molecule has 1 aromatic carbocycles. The number of methoxy groups -OCH3 is 1. The van der Waals surface area contributed by atoms with E-state index in [1.165, 1.54) is 7.11 Å². The van der Waals surface area contributed by atoms with Gasteiger partial charge in [0.2, 0.25) is 0 Å². The molecule has 0 aliphatic carbocycles. The predicted molar refractivity (Wildman–Crippen MR) is 59.6 cm³/mol. The third kappa shape index (κ3) is 1.65. The summed E-state index contributed by atoms with van der Waals surface area (Å²) in [6.45, 7) is 0. The number of H-pyrrole nitrogens is 1. The number of nitrogens with one attached hydrogen (secondary N) is 1. The third-order valence-corrected chi connectivity index (χ3v) is 2.38. The van der Waals surface area contributed by atoms with Crippen molar-refractivity contribution in [1.82, 2.24) is 9.55 Å². The van der Waals surface area contributed by atoms with E-state index in [1.54, 1.807) is 24.3 Å². The molecule has 6 heteroatoms. The first-order valence-corrected chi connectivity index (χ1v) is 4.85. The fourth-order valence-electron chi connectivity index (χ4n) is 1.38. The Morgan fingerprint density at radius 3 is 2.50 bits per heavy atom. The summed E-state index contributed by atoms with van der Waals surface area (Å²) in [4.78, 5) is 13.9. The quantitative estimate of drug-likeness (QED) is 0.837. The minimum Gasteiger partial charge on any atom is -0.490 e. The lowest BCUT2D eigenvalue weighted by Crippen LogP contribution is -2.14. The van der Waals surface area contributed by atoms with Crippen molar-refractivity contribution in [1.29, 1.82) is 0 Å². The molecule has 2 aromatic rings. The normalized spacial score (nSPS) is 10.4. The van der Waals surface area contributed by atoms with Crippen LogP contribution in [0.2, 0.25) is 5.02 Å². The second kappa shape index (κ2) is 3.94. The second-order valence-electron chi connectivity index (χ2n) is 3.10. The van der Waals surface area contributed by atoms with Gasteiger partial charge in [-0.05, 0) is 24.3 Å². The molecular formula is C10H9ClN2O3. The largest absolute Gasteiger partial charge is 0.490 e. The van der Waals surface area contributed by atoms with E-state index in [2.05, 4.69) is 4.98 Å². The van der Waals surface area contributed by atoms with E-state index in [-0.39, 0.29) is 11.8 Å². The van der Waals surface area contributed by atoms with Gasteiger partial charge in [0.1, 0.15) is 0 Å². The number of aromatic hydroxyl groups is 1. The maximum absolute atomic E-state index is 11.5. The Kier molecular flexibility index (Phi) is 2.62. The zero-order valence-corrected chi connectivity index (χ0v) is 9.15. The lowest BCUT2D eigenvalue weighted by atomic mass is 10.3. The van der Waals surface area contributed by atoms with Gasteiger partial charge in [-0.25, -0.2) is 9.36 Å². The first kappa shape index (κ1) is 10.6. The van der Waals surface area contributed by atoms with Crippen LogP contribution in [0.5, 0.6) is 11.8 Å². The van der Waals surface area contributed by atoms with Crippen molar-refractivity contribution in [3.05, 3.63) is 39.8 Å². The van der Waals surface area contributed by atoms with Crippen molar-refractivity contribution in [3.8, 4) is 17.4 Å². The molecule has 1 heterocycles. The van der Waals surface area contributed by atoms with Crippen molar-refractivity contribution < 1.29 is 9.84 Å². The molecule has 0 bridgehead atoms. The van der Waals surface area contributed by atoms with Crippen LogP contribution in [0.25, 0.3) is 5.69 Å². The number of hydrogen-bond donors (Lipinski definition) is 2. The molecule has 0 radical (unpaired) electrons. The number of aromatic nitrogens is 2. The summed E-state index contributed by atoms with van der Waals surface area (Å²) in [5.41, 5.74) is 0.0307. The SMILES string of the molecule is COc1[nH]c(=O)n(-c2ccc(Cl)cc2)c1O. The van der Waals surface area contributed by atoms with E-state index in [0.717, 1.165) is 4.57 Å². The first-order chi connectivity index (χ1) is 7.63. The topological polar surface area (TPSA) is 67.2 Å². The van der Waals surface area contributed by atoms with Crippen LogP contribution >= 0.6 is 11.6 Å². The van der Waals surface area contributed by atoms with Crippen LogP contribution in [0.15, 0.2) is 29.1 Å². The average Bonchev–Trinajstić information content (AvgIpc) is 2.56. The lowest BCUT2D eigenvalue weighted by Gasteiger charge is -2.02. The fourth-order valence-corrected chi connectivity index (χ4v) is 1.50. The Bertz CT molecular complexity index is 556. The zero-order chi connectivity index (χ0) is 11.7. The standard InChI is InChI=1S/C10H9ClN2O3/c1-16-8-9(14)13(10(15)12-8)7-4-2-6(11)3-5-7/h2-5,14H,1H3,(H,12,15). The van der Waals surface area contributed by atoms with Crippen molar-refractivity contribution in [2.75, 3.05) is 7.11 Å². The molecule has 0 aliphatic rings. The number of hydrogen-bond acceptors (Lipinski definition) is 3. The Hall–Kier alpha value is -1.88. The molecule has 0 saturated heterocycles. The van der Waals surface area contributed by atoms with Crippen LogP contribution in [0, 0.1) is 0 Å². The summed E-state index contributed by atoms with van der Waals surface area (Å²) >= 11 is 5.73. The van der Waals surface area contributed by atoms with Gasteiger partial charge in [0.15, 0.2) is 0 Å². The summed E-state index contributed by atoms with van der Waals surface area (Å²) in [5, 5.41) is 10.3. The van der Waals surface area contributed by atoms with Crippen LogP contribution in [-0.4, -0.2) is 21.8 Å². The van der Waals surface area contributed by atoms with E-state index in [1.807, 2.05) is 0 Å². The van der Waals surface area contributed by atoms with Crippen molar-refractivity contribution >= 4 is 11.6 Å². The summed E-state index contributed by atoms with van der Waals surface area (Å²) in [6.07, 6.45) is 0. The van der Waals surface area contributed by atoms with Gasteiger partial charge in [-0.3, -0.25) is 4.98 Å². The van der Waals surface area contributed by atoms with E-state index in [4.69, 9.17) is 16.3 Å². The number of nitrogens with zero attached hydrogens (tertiary/aromatic N) is 1. The lowest BCUT2D eigenvalue weighted by molar-refractivity contribution is 0.354. The van der Waals surface area contributed by atoms with Gasteiger partial charge < -0.3 is 9.84 Å². The monoisotopic (exact) mass is 240 g/mol. The highest BCUT2D eigenvalue weighted by molar-refractivity contribution is 6.30. The molecule has 0 unspecified atom stereocenters. The Morgan fingerprint density at radius 2 is 2.00 bits per heavy atom. The maximum Gasteiger partial charge on any atom is 0.335 e. The molecule has 0 fully saturated rings. The predicted octanol–water partition coefficient (Wildman–Crippen LogP) is 1.53. The molecule has 0 amide bonds. The molecule has 84 valence electrons. The van der Waals surface area contributed by atoms with Crippen LogP contribution < -0.4 is 10.4 Å². The molecule has 5 nitrogen and oxygen atoms in total. The number of ether oxygens (including phenoxy) is 1. The zero-order valence-electron chi connectivity index (χ0n) is 8.40. The number of halogens is 1. The summed E-state index contributed by atoms with van der Waals surface area (Å²) in [7, 11) is 1.36. The number of rotatable bonds is 2. The molecule has 16 heavy (non-hydrogen) atoms. The first-order valence-electron chi connectivity index (χ1n) is 4.47. The fraction of sp³-hybridized carbons (Fsp3) is 0.100. The molecule has 2 N–H and O–H groups in total. The highest BCUT2D eigenvalue weighted by Gasteiger charge is 2.14. The Balaban J connectivity index is 2.60. The van der Waals surface area contributed by atoms with E-state index in [9.17, 15) is 9.90 Å². The van der Waals surface area contributed by atoms with Gasteiger partial charge in [-0.2, -0.15) is 0 Å². The average molecular weight is 241 g/mol. The maximum atomic E-state index is 11.5. The summed E-state index contributed by atoms with van der Waals surface area (Å²) in [5.74, 6) is -0.241.